The average Bonchev–Trinajstić information content (AvgIpc) is 3.97. The molecule has 0 bridgehead atoms. The summed E-state index contributed by atoms with van der Waals surface area (Å²) in [6, 6.07) is 62.5. The Morgan fingerprint density at radius 3 is 1.73 bits per heavy atom. The van der Waals surface area contributed by atoms with E-state index in [4.69, 9.17) is 23.8 Å². The van der Waals surface area contributed by atoms with E-state index in [0.717, 1.165) is 71.3 Å². The van der Waals surface area contributed by atoms with Crippen molar-refractivity contribution in [3.63, 3.8) is 0 Å². The van der Waals surface area contributed by atoms with Gasteiger partial charge in [0.25, 0.3) is 0 Å². The van der Waals surface area contributed by atoms with Crippen molar-refractivity contribution in [3.8, 4) is 45.3 Å². The number of para-hydroxylation sites is 1. The van der Waals surface area contributed by atoms with Gasteiger partial charge in [-0.2, -0.15) is 0 Å². The van der Waals surface area contributed by atoms with E-state index in [0.29, 0.717) is 17.5 Å². The SMILES string of the molecule is CC1(C)c2ccccc2-c2cc3c(cc21)oc1cccc(-c2nc(-c4ccc5oc6ccccc6c5c4)nc(-c4ccc5ccc6ccc7ccc8ccccc8c7c6c5c4)n2)c13. The molecule has 0 N–H and O–H groups in total. The molecule has 0 saturated carbocycles. The number of hydrogen-bond acceptors (Lipinski definition) is 5. The van der Waals surface area contributed by atoms with Crippen LogP contribution in [-0.4, -0.2) is 15.0 Å². The van der Waals surface area contributed by atoms with Crippen molar-refractivity contribution in [2.45, 2.75) is 19.3 Å². The molecule has 1 aliphatic rings. The highest BCUT2D eigenvalue weighted by Gasteiger charge is 2.36. The second-order valence-corrected chi connectivity index (χ2v) is 17.5. The molecule has 294 valence electrons. The van der Waals surface area contributed by atoms with Crippen LogP contribution in [0.2, 0.25) is 0 Å². The van der Waals surface area contributed by atoms with Crippen LogP contribution in [0.5, 0.6) is 0 Å². The molecule has 5 heteroatoms. The van der Waals surface area contributed by atoms with Crippen LogP contribution in [0, 0.1) is 0 Å². The van der Waals surface area contributed by atoms with Crippen molar-refractivity contribution in [3.05, 3.63) is 187 Å². The first-order valence-corrected chi connectivity index (χ1v) is 21.5. The molecule has 14 rings (SSSR count). The number of rotatable bonds is 3. The Labute approximate surface area is 360 Å². The fourth-order valence-corrected chi connectivity index (χ4v) is 10.6. The van der Waals surface area contributed by atoms with Gasteiger partial charge in [0.2, 0.25) is 0 Å². The Balaban J connectivity index is 1.04. The van der Waals surface area contributed by atoms with Crippen molar-refractivity contribution in [2.75, 3.05) is 0 Å². The number of fused-ring (bicyclic) bond motifs is 16. The van der Waals surface area contributed by atoms with Crippen molar-refractivity contribution in [1.82, 2.24) is 15.0 Å². The Hall–Kier alpha value is -8.15. The van der Waals surface area contributed by atoms with E-state index in [1.807, 2.05) is 36.4 Å². The van der Waals surface area contributed by atoms with E-state index >= 15 is 0 Å². The minimum absolute atomic E-state index is 0.147. The van der Waals surface area contributed by atoms with Crippen LogP contribution in [0.4, 0.5) is 0 Å². The fourth-order valence-electron chi connectivity index (χ4n) is 10.6. The van der Waals surface area contributed by atoms with Crippen LogP contribution in [0.3, 0.4) is 0 Å². The molecule has 0 aliphatic heterocycles. The second-order valence-electron chi connectivity index (χ2n) is 17.5. The first-order chi connectivity index (χ1) is 30.9. The summed E-state index contributed by atoms with van der Waals surface area (Å²) < 4.78 is 13.0. The van der Waals surface area contributed by atoms with Crippen molar-refractivity contribution >= 4 is 87.0 Å². The minimum atomic E-state index is -0.147. The Morgan fingerprint density at radius 2 is 0.905 bits per heavy atom. The summed E-state index contributed by atoms with van der Waals surface area (Å²) in [5.41, 5.74) is 11.0. The van der Waals surface area contributed by atoms with Gasteiger partial charge < -0.3 is 8.83 Å². The van der Waals surface area contributed by atoms with E-state index in [1.165, 1.54) is 54.6 Å². The highest BCUT2D eigenvalue weighted by molar-refractivity contribution is 6.27. The number of hydrogen-bond donors (Lipinski definition) is 0. The lowest BCUT2D eigenvalue weighted by molar-refractivity contribution is 0.647. The average molecular weight is 806 g/mol. The van der Waals surface area contributed by atoms with E-state index in [1.54, 1.807) is 0 Å². The predicted octanol–water partition coefficient (Wildman–Crippen LogP) is 15.6. The van der Waals surface area contributed by atoms with Crippen LogP contribution in [0.25, 0.3) is 132 Å². The lowest BCUT2D eigenvalue weighted by Gasteiger charge is -2.21. The maximum Gasteiger partial charge on any atom is 0.164 e. The van der Waals surface area contributed by atoms with Gasteiger partial charge in [-0.15, -0.1) is 0 Å². The van der Waals surface area contributed by atoms with E-state index in [9.17, 15) is 0 Å². The van der Waals surface area contributed by atoms with Crippen molar-refractivity contribution in [2.24, 2.45) is 0 Å². The largest absolute Gasteiger partial charge is 0.456 e. The zero-order valence-electron chi connectivity index (χ0n) is 34.4. The Kier molecular flexibility index (Phi) is 6.84. The number of furan rings is 2. The number of aromatic nitrogens is 3. The van der Waals surface area contributed by atoms with Gasteiger partial charge in [0.1, 0.15) is 22.3 Å². The predicted molar refractivity (Wildman–Crippen MR) is 258 cm³/mol. The standard InChI is InChI=1S/C58H35N3O2/c1-58(2)46-15-7-5-12-39(46)43-30-45-51(31-47(43)58)63-50-17-9-14-41(54(45)50)57-60-55(59-56(61-57)37-26-27-49-44(29-37)40-13-6-8-16-48(40)62-49)36-25-20-33-19-22-35-24-23-34-21-18-32-10-3-4-11-38(32)52(34)53(35)42(33)28-36/h3-31H,1-2H3. The Morgan fingerprint density at radius 1 is 0.333 bits per heavy atom. The van der Waals surface area contributed by atoms with Gasteiger partial charge in [0.15, 0.2) is 17.5 Å². The van der Waals surface area contributed by atoms with Gasteiger partial charge >= 0.3 is 0 Å². The molecule has 5 nitrogen and oxygen atoms in total. The second kappa shape index (κ2) is 12.5. The minimum Gasteiger partial charge on any atom is -0.456 e. The lowest BCUT2D eigenvalue weighted by Crippen LogP contribution is -2.14. The molecule has 3 aromatic heterocycles. The highest BCUT2D eigenvalue weighted by atomic mass is 16.3. The van der Waals surface area contributed by atoms with Crippen LogP contribution in [-0.2, 0) is 5.41 Å². The van der Waals surface area contributed by atoms with Crippen LogP contribution in [0.1, 0.15) is 25.0 Å². The maximum atomic E-state index is 6.72. The Bertz CT molecular complexity index is 4120. The third-order valence-corrected chi connectivity index (χ3v) is 13.7. The van der Waals surface area contributed by atoms with E-state index in [-0.39, 0.29) is 5.41 Å². The molecular weight excluding hydrogens is 771 g/mol. The van der Waals surface area contributed by atoms with Crippen LogP contribution < -0.4 is 0 Å². The summed E-state index contributed by atoms with van der Waals surface area (Å²) in [6.07, 6.45) is 0. The molecule has 13 aromatic rings. The summed E-state index contributed by atoms with van der Waals surface area (Å²) in [4.78, 5) is 16.0. The monoisotopic (exact) mass is 805 g/mol. The summed E-state index contributed by atoms with van der Waals surface area (Å²) >= 11 is 0. The summed E-state index contributed by atoms with van der Waals surface area (Å²) in [5, 5.41) is 13.7. The lowest BCUT2D eigenvalue weighted by atomic mass is 9.82. The quantitative estimate of drug-likeness (QED) is 0.166. The summed E-state index contributed by atoms with van der Waals surface area (Å²) in [6.45, 7) is 4.60. The molecule has 0 radical (unpaired) electrons. The first-order valence-electron chi connectivity index (χ1n) is 21.5. The third kappa shape index (κ3) is 4.90. The molecule has 0 atom stereocenters. The third-order valence-electron chi connectivity index (χ3n) is 13.7. The smallest absolute Gasteiger partial charge is 0.164 e. The van der Waals surface area contributed by atoms with Gasteiger partial charge in [-0.05, 0) is 114 Å². The van der Waals surface area contributed by atoms with Gasteiger partial charge in [-0.1, -0.05) is 141 Å². The van der Waals surface area contributed by atoms with Gasteiger partial charge in [0, 0.05) is 43.7 Å². The number of benzene rings is 10. The molecule has 0 unspecified atom stereocenters. The zero-order valence-corrected chi connectivity index (χ0v) is 34.4. The van der Waals surface area contributed by atoms with Gasteiger partial charge in [0.05, 0.1) is 0 Å². The zero-order chi connectivity index (χ0) is 41.6. The normalized spacial score (nSPS) is 13.4. The van der Waals surface area contributed by atoms with E-state index in [2.05, 4.69) is 153 Å². The molecule has 63 heavy (non-hydrogen) atoms. The van der Waals surface area contributed by atoms with Gasteiger partial charge in [-0.3, -0.25) is 0 Å². The molecule has 0 spiro atoms. The van der Waals surface area contributed by atoms with E-state index < -0.39 is 0 Å². The fraction of sp³-hybridized carbons (Fsp3) is 0.0517. The highest BCUT2D eigenvalue weighted by Crippen LogP contribution is 2.51. The van der Waals surface area contributed by atoms with Gasteiger partial charge in [-0.25, -0.2) is 15.0 Å². The van der Waals surface area contributed by atoms with Crippen LogP contribution >= 0.6 is 0 Å². The molecule has 0 fully saturated rings. The van der Waals surface area contributed by atoms with Crippen molar-refractivity contribution < 1.29 is 8.83 Å². The maximum absolute atomic E-state index is 6.72. The molecular formula is C58H35N3O2. The topological polar surface area (TPSA) is 65.0 Å². The molecule has 0 amide bonds. The first kappa shape index (κ1) is 34.6. The molecule has 1 aliphatic carbocycles. The molecule has 3 heterocycles. The van der Waals surface area contributed by atoms with Crippen molar-refractivity contribution in [1.29, 1.82) is 0 Å². The summed E-state index contributed by atoms with van der Waals surface area (Å²) in [7, 11) is 0. The summed E-state index contributed by atoms with van der Waals surface area (Å²) in [5.74, 6) is 1.76. The molecule has 10 aromatic carbocycles. The molecule has 0 saturated heterocycles. The number of nitrogens with zero attached hydrogens (tertiary/aromatic N) is 3. The van der Waals surface area contributed by atoms with Crippen LogP contribution in [0.15, 0.2) is 185 Å².